The Labute approximate surface area is 170 Å². The van der Waals surface area contributed by atoms with Crippen molar-refractivity contribution in [2.24, 2.45) is 0 Å². The van der Waals surface area contributed by atoms with Gasteiger partial charge in [-0.3, -0.25) is 4.57 Å². The van der Waals surface area contributed by atoms with E-state index in [9.17, 15) is 0 Å². The summed E-state index contributed by atoms with van der Waals surface area (Å²) in [6, 6.07) is 26.3. The number of para-hydroxylation sites is 3. The molecule has 0 N–H and O–H groups in total. The van der Waals surface area contributed by atoms with Gasteiger partial charge in [0.1, 0.15) is 0 Å². The molecule has 0 saturated carbocycles. The van der Waals surface area contributed by atoms with Crippen LogP contribution in [-0.2, 0) is 6.42 Å². The summed E-state index contributed by atoms with van der Waals surface area (Å²) >= 11 is 0. The zero-order valence-corrected chi connectivity index (χ0v) is 16.8. The molecule has 2 aliphatic rings. The van der Waals surface area contributed by atoms with E-state index in [1.165, 1.54) is 39.2 Å². The van der Waals surface area contributed by atoms with Gasteiger partial charge >= 0.3 is 0 Å². The SMILES string of the molecule is CC(C)=C1[C@@H](c2ccccc2)c2cccc3c2N(CC3)c2nc3ccccc3n21. The quantitative estimate of drug-likeness (QED) is 0.398. The number of aromatic nitrogens is 2. The van der Waals surface area contributed by atoms with E-state index in [0.717, 1.165) is 24.4 Å². The molecule has 1 atom stereocenters. The monoisotopic (exact) mass is 377 g/mol. The van der Waals surface area contributed by atoms with Gasteiger partial charge in [0.05, 0.1) is 22.6 Å². The van der Waals surface area contributed by atoms with Crippen LogP contribution < -0.4 is 4.90 Å². The Morgan fingerprint density at radius 1 is 0.897 bits per heavy atom. The Hall–Kier alpha value is -3.33. The third-order valence-electron chi connectivity index (χ3n) is 6.28. The van der Waals surface area contributed by atoms with Gasteiger partial charge in [-0.2, -0.15) is 0 Å². The standard InChI is InChI=1S/C26H23N3/c1-17(2)24-23(18-9-4-3-5-10-18)20-12-8-11-19-15-16-28(25(19)20)26-27-21-13-6-7-14-22(21)29(24)26/h3-14,23H,15-16H2,1-2H3/t23-/m0/s1. The fourth-order valence-corrected chi connectivity index (χ4v) is 5.12. The average Bonchev–Trinajstić information content (AvgIpc) is 3.30. The van der Waals surface area contributed by atoms with E-state index in [0.29, 0.717) is 0 Å². The first-order valence-electron chi connectivity index (χ1n) is 10.3. The van der Waals surface area contributed by atoms with Crippen molar-refractivity contribution in [1.29, 1.82) is 0 Å². The molecule has 0 fully saturated rings. The molecule has 3 heterocycles. The van der Waals surface area contributed by atoms with E-state index < -0.39 is 0 Å². The fraction of sp³-hybridized carbons (Fsp3) is 0.192. The van der Waals surface area contributed by atoms with Crippen LogP contribution in [0.4, 0.5) is 11.6 Å². The van der Waals surface area contributed by atoms with Crippen LogP contribution in [0.15, 0.2) is 78.4 Å². The van der Waals surface area contributed by atoms with Crippen molar-refractivity contribution in [1.82, 2.24) is 9.55 Å². The van der Waals surface area contributed by atoms with Gasteiger partial charge in [-0.25, -0.2) is 4.98 Å². The van der Waals surface area contributed by atoms with E-state index in [1.807, 2.05) is 0 Å². The molecule has 3 nitrogen and oxygen atoms in total. The van der Waals surface area contributed by atoms with Crippen LogP contribution in [0.1, 0.15) is 36.5 Å². The van der Waals surface area contributed by atoms with Gasteiger partial charge in [-0.15, -0.1) is 0 Å². The Morgan fingerprint density at radius 2 is 1.69 bits per heavy atom. The largest absolute Gasteiger partial charge is 0.311 e. The molecule has 6 rings (SSSR count). The normalized spacial score (nSPS) is 17.2. The maximum atomic E-state index is 5.11. The minimum absolute atomic E-state index is 0.176. The van der Waals surface area contributed by atoms with Gasteiger partial charge in [0, 0.05) is 12.2 Å². The molecule has 3 heteroatoms. The van der Waals surface area contributed by atoms with Crippen molar-refractivity contribution in [3.05, 3.63) is 95.1 Å². The number of rotatable bonds is 1. The highest BCUT2D eigenvalue weighted by Gasteiger charge is 2.37. The smallest absolute Gasteiger partial charge is 0.215 e. The number of allylic oxidation sites excluding steroid dienone is 2. The highest BCUT2D eigenvalue weighted by atomic mass is 15.3. The minimum Gasteiger partial charge on any atom is -0.311 e. The first-order chi connectivity index (χ1) is 14.2. The summed E-state index contributed by atoms with van der Waals surface area (Å²) in [5, 5.41) is 0. The summed E-state index contributed by atoms with van der Waals surface area (Å²) in [4.78, 5) is 7.55. The lowest BCUT2D eigenvalue weighted by Gasteiger charge is -2.24. The molecule has 0 saturated heterocycles. The number of anilines is 2. The number of imidazole rings is 1. The molecular formula is C26H23N3. The molecule has 1 aromatic heterocycles. The second-order valence-corrected chi connectivity index (χ2v) is 8.22. The molecule has 3 aromatic carbocycles. The second-order valence-electron chi connectivity index (χ2n) is 8.22. The highest BCUT2D eigenvalue weighted by molar-refractivity contribution is 5.90. The van der Waals surface area contributed by atoms with Crippen molar-refractivity contribution < 1.29 is 0 Å². The van der Waals surface area contributed by atoms with Crippen LogP contribution in [-0.4, -0.2) is 16.1 Å². The third-order valence-corrected chi connectivity index (χ3v) is 6.28. The summed E-state index contributed by atoms with van der Waals surface area (Å²) in [6.07, 6.45) is 1.07. The van der Waals surface area contributed by atoms with E-state index in [4.69, 9.17) is 4.98 Å². The number of benzene rings is 3. The van der Waals surface area contributed by atoms with E-state index in [1.54, 1.807) is 0 Å². The third kappa shape index (κ3) is 2.27. The van der Waals surface area contributed by atoms with Crippen LogP contribution in [0.25, 0.3) is 16.7 Å². The van der Waals surface area contributed by atoms with Crippen LogP contribution in [0, 0.1) is 0 Å². The van der Waals surface area contributed by atoms with Gasteiger partial charge in [0.2, 0.25) is 5.95 Å². The van der Waals surface area contributed by atoms with E-state index in [2.05, 4.69) is 96.1 Å². The first-order valence-corrected chi connectivity index (χ1v) is 10.3. The first kappa shape index (κ1) is 16.6. The topological polar surface area (TPSA) is 21.1 Å². The Morgan fingerprint density at radius 3 is 2.52 bits per heavy atom. The predicted molar refractivity (Wildman–Crippen MR) is 120 cm³/mol. The Balaban J connectivity index is 1.79. The minimum atomic E-state index is 0.176. The van der Waals surface area contributed by atoms with Crippen molar-refractivity contribution in [3.63, 3.8) is 0 Å². The fourth-order valence-electron chi connectivity index (χ4n) is 5.12. The molecule has 0 unspecified atom stereocenters. The van der Waals surface area contributed by atoms with Gasteiger partial charge in [-0.05, 0) is 49.1 Å². The van der Waals surface area contributed by atoms with Crippen molar-refractivity contribution in [3.8, 4) is 0 Å². The molecule has 0 bridgehead atoms. The lowest BCUT2D eigenvalue weighted by atomic mass is 9.85. The summed E-state index contributed by atoms with van der Waals surface area (Å²) < 4.78 is 2.41. The van der Waals surface area contributed by atoms with Crippen molar-refractivity contribution in [2.45, 2.75) is 26.2 Å². The lowest BCUT2D eigenvalue weighted by molar-refractivity contribution is 0.912. The molecule has 142 valence electrons. The molecule has 0 amide bonds. The number of fused-ring (bicyclic) bond motifs is 4. The zero-order chi connectivity index (χ0) is 19.5. The molecule has 0 radical (unpaired) electrons. The molecule has 0 aliphatic carbocycles. The van der Waals surface area contributed by atoms with Crippen LogP contribution >= 0.6 is 0 Å². The van der Waals surface area contributed by atoms with Gasteiger partial charge in [-0.1, -0.05) is 66.2 Å². The summed E-state index contributed by atoms with van der Waals surface area (Å²) in [7, 11) is 0. The van der Waals surface area contributed by atoms with E-state index in [-0.39, 0.29) is 5.92 Å². The highest BCUT2D eigenvalue weighted by Crippen LogP contribution is 2.51. The predicted octanol–water partition coefficient (Wildman–Crippen LogP) is 6.13. The van der Waals surface area contributed by atoms with Gasteiger partial charge < -0.3 is 4.90 Å². The zero-order valence-electron chi connectivity index (χ0n) is 16.8. The maximum Gasteiger partial charge on any atom is 0.215 e. The number of nitrogens with zero attached hydrogens (tertiary/aromatic N) is 3. The van der Waals surface area contributed by atoms with Crippen LogP contribution in [0.5, 0.6) is 0 Å². The summed E-state index contributed by atoms with van der Waals surface area (Å²) in [5.41, 5.74) is 10.4. The van der Waals surface area contributed by atoms with Crippen LogP contribution in [0.2, 0.25) is 0 Å². The average molecular weight is 377 g/mol. The maximum absolute atomic E-state index is 5.11. The second kappa shape index (κ2) is 6.08. The molecular weight excluding hydrogens is 354 g/mol. The Bertz CT molecular complexity index is 1280. The number of hydrogen-bond acceptors (Lipinski definition) is 2. The van der Waals surface area contributed by atoms with Gasteiger partial charge in [0.15, 0.2) is 0 Å². The molecule has 29 heavy (non-hydrogen) atoms. The summed E-state index contributed by atoms with van der Waals surface area (Å²) in [5.74, 6) is 1.22. The lowest BCUT2D eigenvalue weighted by Crippen LogP contribution is -2.17. The molecule has 2 aliphatic heterocycles. The molecule has 4 aromatic rings. The van der Waals surface area contributed by atoms with Crippen molar-refractivity contribution >= 4 is 28.4 Å². The Kier molecular flexibility index (Phi) is 3.48. The van der Waals surface area contributed by atoms with Gasteiger partial charge in [0.25, 0.3) is 0 Å². The van der Waals surface area contributed by atoms with E-state index >= 15 is 0 Å². The summed E-state index contributed by atoms with van der Waals surface area (Å²) in [6.45, 7) is 5.44. The molecule has 0 spiro atoms. The van der Waals surface area contributed by atoms with Crippen molar-refractivity contribution in [2.75, 3.05) is 11.4 Å². The number of hydrogen-bond donors (Lipinski definition) is 0. The van der Waals surface area contributed by atoms with Crippen LogP contribution in [0.3, 0.4) is 0 Å².